The first-order chi connectivity index (χ1) is 12.6. The number of nitrogens with zero attached hydrogens (tertiary/aromatic N) is 4. The molecule has 0 aliphatic carbocycles. The summed E-state index contributed by atoms with van der Waals surface area (Å²) in [7, 11) is 0. The van der Waals surface area contributed by atoms with Gasteiger partial charge in [-0.3, -0.25) is 4.79 Å². The van der Waals surface area contributed by atoms with E-state index < -0.39 is 6.04 Å². The maximum absolute atomic E-state index is 13.5. The number of carbonyl (C=O) groups is 1. The molecular formula is C18H26ClFN6O. The number of rotatable bonds is 7. The van der Waals surface area contributed by atoms with E-state index >= 15 is 0 Å². The Bertz CT molecular complexity index is 734. The largest absolute Gasteiger partial charge is 0.354 e. The molecule has 1 amide bonds. The van der Waals surface area contributed by atoms with Gasteiger partial charge in [-0.2, -0.15) is 0 Å². The zero-order valence-electron chi connectivity index (χ0n) is 15.4. The van der Waals surface area contributed by atoms with E-state index in [1.165, 1.54) is 29.7 Å². The molecule has 0 spiro atoms. The van der Waals surface area contributed by atoms with Gasteiger partial charge in [-0.15, -0.1) is 17.5 Å². The lowest BCUT2D eigenvalue weighted by atomic mass is 9.96. The van der Waals surface area contributed by atoms with Crippen LogP contribution >= 0.6 is 12.4 Å². The predicted octanol–water partition coefficient (Wildman–Crippen LogP) is 1.83. The second-order valence-electron chi connectivity index (χ2n) is 6.81. The van der Waals surface area contributed by atoms with E-state index in [-0.39, 0.29) is 24.1 Å². The molecule has 1 saturated heterocycles. The van der Waals surface area contributed by atoms with Crippen molar-refractivity contribution < 1.29 is 9.18 Å². The first-order valence-electron chi connectivity index (χ1n) is 9.11. The van der Waals surface area contributed by atoms with Crippen LogP contribution in [-0.4, -0.2) is 45.7 Å². The van der Waals surface area contributed by atoms with Gasteiger partial charge < -0.3 is 10.6 Å². The van der Waals surface area contributed by atoms with Crippen LogP contribution in [0.2, 0.25) is 0 Å². The predicted molar refractivity (Wildman–Crippen MR) is 102 cm³/mol. The molecule has 9 heteroatoms. The summed E-state index contributed by atoms with van der Waals surface area (Å²) in [5.74, 6) is 0.687. The molecule has 7 nitrogen and oxygen atoms in total. The van der Waals surface area contributed by atoms with Crippen LogP contribution in [0, 0.1) is 18.7 Å². The van der Waals surface area contributed by atoms with Crippen LogP contribution in [0.1, 0.15) is 36.7 Å². The Morgan fingerprint density at radius 2 is 2.33 bits per heavy atom. The lowest BCUT2D eigenvalue weighted by Crippen LogP contribution is -2.37. The highest BCUT2D eigenvalue weighted by Crippen LogP contribution is 2.17. The number of aryl methyl sites for hydroxylation is 1. The minimum atomic E-state index is -0.601. The molecule has 2 N–H and O–H groups in total. The van der Waals surface area contributed by atoms with Crippen LogP contribution in [0.3, 0.4) is 0 Å². The molecule has 1 aromatic heterocycles. The number of tetrazole rings is 1. The van der Waals surface area contributed by atoms with Crippen molar-refractivity contribution in [3.8, 4) is 0 Å². The number of amides is 1. The molecule has 1 fully saturated rings. The van der Waals surface area contributed by atoms with Gasteiger partial charge in [-0.05, 0) is 73.3 Å². The van der Waals surface area contributed by atoms with Crippen LogP contribution in [0.4, 0.5) is 4.39 Å². The molecule has 0 radical (unpaired) electrons. The number of piperidine rings is 1. The summed E-state index contributed by atoms with van der Waals surface area (Å²) >= 11 is 0. The van der Waals surface area contributed by atoms with Gasteiger partial charge in [0.25, 0.3) is 0 Å². The fourth-order valence-electron chi connectivity index (χ4n) is 3.39. The Balaban J connectivity index is 0.00000261. The van der Waals surface area contributed by atoms with E-state index in [9.17, 15) is 9.18 Å². The van der Waals surface area contributed by atoms with Crippen molar-refractivity contribution in [1.82, 2.24) is 30.8 Å². The lowest BCUT2D eigenvalue weighted by molar-refractivity contribution is -0.124. The van der Waals surface area contributed by atoms with E-state index in [4.69, 9.17) is 0 Å². The third kappa shape index (κ3) is 5.97. The summed E-state index contributed by atoms with van der Waals surface area (Å²) < 4.78 is 15.0. The van der Waals surface area contributed by atoms with Gasteiger partial charge in [0.15, 0.2) is 0 Å². The number of nitrogens with one attached hydrogen (secondary N) is 2. The average molecular weight is 397 g/mol. The molecule has 2 atom stereocenters. The van der Waals surface area contributed by atoms with Crippen LogP contribution < -0.4 is 10.6 Å². The third-order valence-electron chi connectivity index (χ3n) is 4.82. The Morgan fingerprint density at radius 3 is 3.00 bits per heavy atom. The molecular weight excluding hydrogens is 371 g/mol. The highest BCUT2D eigenvalue weighted by molar-refractivity contribution is 5.85. The molecule has 1 aliphatic heterocycles. The second kappa shape index (κ2) is 10.3. The third-order valence-corrected chi connectivity index (χ3v) is 4.82. The molecule has 2 heterocycles. The average Bonchev–Trinajstić information content (AvgIpc) is 3.06. The molecule has 2 aromatic rings. The smallest absolute Gasteiger partial charge is 0.245 e. The van der Waals surface area contributed by atoms with Crippen LogP contribution in [0.25, 0.3) is 0 Å². The van der Waals surface area contributed by atoms with Gasteiger partial charge >= 0.3 is 0 Å². The zero-order valence-corrected chi connectivity index (χ0v) is 16.2. The number of aromatic nitrogens is 4. The Hall–Kier alpha value is -2.06. The fraction of sp³-hybridized carbons (Fsp3) is 0.556. The van der Waals surface area contributed by atoms with E-state index in [1.54, 1.807) is 19.1 Å². The number of hydrogen-bond acceptors (Lipinski definition) is 5. The topological polar surface area (TPSA) is 84.7 Å². The quantitative estimate of drug-likeness (QED) is 0.745. The Morgan fingerprint density at radius 1 is 1.48 bits per heavy atom. The Labute approximate surface area is 164 Å². The molecule has 27 heavy (non-hydrogen) atoms. The molecule has 0 bridgehead atoms. The minimum absolute atomic E-state index is 0. The molecule has 0 saturated carbocycles. The number of hydrogen-bond donors (Lipinski definition) is 2. The number of carbonyl (C=O) groups excluding carboxylic acids is 1. The summed E-state index contributed by atoms with van der Waals surface area (Å²) in [6.07, 6.45) is 3.66. The number of halogens is 2. The van der Waals surface area contributed by atoms with Crippen molar-refractivity contribution in [3.05, 3.63) is 41.5 Å². The molecule has 1 aliphatic rings. The van der Waals surface area contributed by atoms with E-state index in [2.05, 4.69) is 26.2 Å². The Kier molecular flexibility index (Phi) is 8.12. The van der Waals surface area contributed by atoms with Gasteiger partial charge in [-0.1, -0.05) is 12.1 Å². The van der Waals surface area contributed by atoms with Crippen molar-refractivity contribution in [1.29, 1.82) is 0 Å². The summed E-state index contributed by atoms with van der Waals surface area (Å²) in [5, 5.41) is 17.8. The summed E-state index contributed by atoms with van der Waals surface area (Å²) in [6.45, 7) is 4.46. The fourth-order valence-corrected chi connectivity index (χ4v) is 3.39. The van der Waals surface area contributed by atoms with Crippen LogP contribution in [-0.2, 0) is 11.2 Å². The highest BCUT2D eigenvalue weighted by atomic mass is 35.5. The molecule has 1 aromatic carbocycles. The van der Waals surface area contributed by atoms with Crippen molar-refractivity contribution in [2.75, 3.05) is 19.6 Å². The highest BCUT2D eigenvalue weighted by Gasteiger charge is 2.24. The standard InChI is InChI=1S/C18H25FN6O.ClH/c1-13-22-23-24-25(13)17(11-15-4-2-6-16(19)10-15)18(26)21-9-7-14-5-3-8-20-12-14;/h2,4,6,10,14,17,20H,3,5,7-9,11-12H2,1H3,(H,21,26);1H. The number of benzene rings is 1. The molecule has 2 unspecified atom stereocenters. The van der Waals surface area contributed by atoms with E-state index in [1.807, 2.05) is 0 Å². The van der Waals surface area contributed by atoms with Crippen molar-refractivity contribution in [3.63, 3.8) is 0 Å². The van der Waals surface area contributed by atoms with Crippen LogP contribution in [0.15, 0.2) is 24.3 Å². The van der Waals surface area contributed by atoms with Gasteiger partial charge in [0.2, 0.25) is 5.91 Å². The monoisotopic (exact) mass is 396 g/mol. The maximum atomic E-state index is 13.5. The SMILES string of the molecule is Cc1nnnn1C(Cc1cccc(F)c1)C(=O)NCCC1CCCNC1.Cl. The van der Waals surface area contributed by atoms with Crippen LogP contribution in [0.5, 0.6) is 0 Å². The molecule has 3 rings (SSSR count). The van der Waals surface area contributed by atoms with Gasteiger partial charge in [-0.25, -0.2) is 9.07 Å². The molecule has 148 valence electrons. The first-order valence-corrected chi connectivity index (χ1v) is 9.11. The van der Waals surface area contributed by atoms with Gasteiger partial charge in [0.1, 0.15) is 17.7 Å². The van der Waals surface area contributed by atoms with Gasteiger partial charge in [0.05, 0.1) is 0 Å². The zero-order chi connectivity index (χ0) is 18.4. The normalized spacial score (nSPS) is 17.8. The van der Waals surface area contributed by atoms with Crippen molar-refractivity contribution in [2.24, 2.45) is 5.92 Å². The summed E-state index contributed by atoms with van der Waals surface area (Å²) in [4.78, 5) is 12.8. The van der Waals surface area contributed by atoms with Gasteiger partial charge in [0, 0.05) is 13.0 Å². The van der Waals surface area contributed by atoms with Crippen molar-refractivity contribution in [2.45, 2.75) is 38.6 Å². The van der Waals surface area contributed by atoms with E-state index in [0.29, 0.717) is 24.7 Å². The maximum Gasteiger partial charge on any atom is 0.245 e. The van der Waals surface area contributed by atoms with E-state index in [0.717, 1.165) is 25.1 Å². The van der Waals surface area contributed by atoms with Crippen molar-refractivity contribution >= 4 is 18.3 Å². The summed E-state index contributed by atoms with van der Waals surface area (Å²) in [6, 6.07) is 5.67. The minimum Gasteiger partial charge on any atom is -0.354 e. The lowest BCUT2D eigenvalue weighted by Gasteiger charge is -2.23. The summed E-state index contributed by atoms with van der Waals surface area (Å²) in [5.41, 5.74) is 0.733. The second-order valence-corrected chi connectivity index (χ2v) is 6.81. The first kappa shape index (κ1) is 21.2.